The largest absolute Gasteiger partial charge is 0.421 e. The van der Waals surface area contributed by atoms with Crippen LogP contribution >= 0.6 is 0 Å². The van der Waals surface area contributed by atoms with Gasteiger partial charge >= 0.3 is 11.9 Å². The molecule has 0 unspecified atom stereocenters. The number of benzene rings is 1. The molecule has 0 amide bonds. The van der Waals surface area contributed by atoms with Crippen molar-refractivity contribution in [2.24, 2.45) is 0 Å². The monoisotopic (exact) mass is 304 g/mol. The third-order valence-electron chi connectivity index (χ3n) is 3.06. The summed E-state index contributed by atoms with van der Waals surface area (Å²) >= 11 is 0. The van der Waals surface area contributed by atoms with Gasteiger partial charge < -0.3 is 9.47 Å². The first kappa shape index (κ1) is 18.0. The van der Waals surface area contributed by atoms with E-state index in [0.29, 0.717) is 6.42 Å². The predicted molar refractivity (Wildman–Crippen MR) is 85.1 cm³/mol. The molecule has 22 heavy (non-hydrogen) atoms. The fraction of sp³-hybridized carbons (Fsp3) is 0.444. The van der Waals surface area contributed by atoms with Gasteiger partial charge in [-0.25, -0.2) is 0 Å². The molecule has 0 atom stereocenters. The number of allylic oxidation sites excluding steroid dienone is 1. The molecule has 0 fully saturated rings. The fourth-order valence-electron chi connectivity index (χ4n) is 2.05. The van der Waals surface area contributed by atoms with Gasteiger partial charge in [0.25, 0.3) is 6.29 Å². The molecule has 0 aliphatic rings. The van der Waals surface area contributed by atoms with Crippen molar-refractivity contribution in [3.63, 3.8) is 0 Å². The van der Waals surface area contributed by atoms with E-state index in [1.807, 2.05) is 36.4 Å². The molecule has 4 heteroatoms. The average Bonchev–Trinajstić information content (AvgIpc) is 2.46. The molecule has 0 saturated heterocycles. The van der Waals surface area contributed by atoms with Crippen LogP contribution in [0.25, 0.3) is 0 Å². The number of hydrogen-bond acceptors (Lipinski definition) is 4. The van der Waals surface area contributed by atoms with E-state index in [2.05, 4.69) is 6.92 Å². The van der Waals surface area contributed by atoms with Crippen LogP contribution in [0.15, 0.2) is 42.0 Å². The van der Waals surface area contributed by atoms with Gasteiger partial charge in [-0.15, -0.1) is 0 Å². The molecule has 0 spiro atoms. The van der Waals surface area contributed by atoms with E-state index in [4.69, 9.17) is 9.47 Å². The summed E-state index contributed by atoms with van der Waals surface area (Å²) in [6.45, 7) is 4.73. The lowest BCUT2D eigenvalue weighted by Gasteiger charge is -2.20. The molecule has 0 bridgehead atoms. The number of ether oxygens (including phenoxy) is 2. The average molecular weight is 304 g/mol. The second-order valence-corrected chi connectivity index (χ2v) is 5.13. The van der Waals surface area contributed by atoms with Gasteiger partial charge in [0.1, 0.15) is 0 Å². The summed E-state index contributed by atoms with van der Waals surface area (Å²) in [6, 6.07) is 9.83. The van der Waals surface area contributed by atoms with Crippen LogP contribution in [0.3, 0.4) is 0 Å². The van der Waals surface area contributed by atoms with E-state index in [1.54, 1.807) is 0 Å². The van der Waals surface area contributed by atoms with Gasteiger partial charge in [0.15, 0.2) is 0 Å². The minimum absolute atomic E-state index is 0.472. The van der Waals surface area contributed by atoms with Gasteiger partial charge in [-0.2, -0.15) is 0 Å². The zero-order valence-corrected chi connectivity index (χ0v) is 13.5. The Hall–Kier alpha value is -2.10. The SMILES string of the molecule is CCCC/C=C(\Cc1ccccc1)C(OC(C)=O)OC(C)=O. The van der Waals surface area contributed by atoms with Gasteiger partial charge in [0.05, 0.1) is 0 Å². The van der Waals surface area contributed by atoms with Crippen LogP contribution in [-0.4, -0.2) is 18.2 Å². The zero-order valence-electron chi connectivity index (χ0n) is 13.5. The fourth-order valence-corrected chi connectivity index (χ4v) is 2.05. The van der Waals surface area contributed by atoms with Crippen LogP contribution < -0.4 is 0 Å². The highest BCUT2D eigenvalue weighted by atomic mass is 16.7. The highest BCUT2D eigenvalue weighted by Crippen LogP contribution is 2.18. The highest BCUT2D eigenvalue weighted by Gasteiger charge is 2.20. The summed E-state index contributed by atoms with van der Waals surface area (Å²) in [5, 5.41) is 0. The van der Waals surface area contributed by atoms with Gasteiger partial charge in [-0.05, 0) is 12.0 Å². The van der Waals surface area contributed by atoms with Crippen molar-refractivity contribution >= 4 is 11.9 Å². The molecular weight excluding hydrogens is 280 g/mol. The Labute approximate surface area is 132 Å². The lowest BCUT2D eigenvalue weighted by Crippen LogP contribution is -2.25. The first-order valence-electron chi connectivity index (χ1n) is 7.60. The van der Waals surface area contributed by atoms with E-state index < -0.39 is 18.2 Å². The summed E-state index contributed by atoms with van der Waals surface area (Å²) in [6.07, 6.45) is 4.60. The van der Waals surface area contributed by atoms with Crippen LogP contribution in [-0.2, 0) is 25.5 Å². The van der Waals surface area contributed by atoms with Crippen LogP contribution in [0, 0.1) is 0 Å². The molecule has 0 aliphatic heterocycles. The molecule has 4 nitrogen and oxygen atoms in total. The van der Waals surface area contributed by atoms with Crippen LogP contribution in [0.2, 0.25) is 0 Å². The normalized spacial score (nSPS) is 11.4. The van der Waals surface area contributed by atoms with Crippen molar-refractivity contribution in [3.05, 3.63) is 47.5 Å². The second-order valence-electron chi connectivity index (χ2n) is 5.13. The van der Waals surface area contributed by atoms with E-state index in [1.165, 1.54) is 13.8 Å². The topological polar surface area (TPSA) is 52.6 Å². The molecule has 0 heterocycles. The Morgan fingerprint density at radius 2 is 1.68 bits per heavy atom. The molecular formula is C18H24O4. The molecule has 0 N–H and O–H groups in total. The Kier molecular flexibility index (Phi) is 7.97. The van der Waals surface area contributed by atoms with Gasteiger partial charge in [0.2, 0.25) is 0 Å². The van der Waals surface area contributed by atoms with Gasteiger partial charge in [-0.1, -0.05) is 56.2 Å². The summed E-state index contributed by atoms with van der Waals surface area (Å²) in [4.78, 5) is 22.6. The number of carbonyl (C=O) groups excluding carboxylic acids is 2. The highest BCUT2D eigenvalue weighted by molar-refractivity contribution is 5.68. The van der Waals surface area contributed by atoms with E-state index in [0.717, 1.165) is 30.4 Å². The lowest BCUT2D eigenvalue weighted by molar-refractivity contribution is -0.178. The Balaban J connectivity index is 2.95. The molecule has 1 aromatic carbocycles. The molecule has 1 rings (SSSR count). The van der Waals surface area contributed by atoms with Crippen molar-refractivity contribution in [1.82, 2.24) is 0 Å². The number of esters is 2. The maximum Gasteiger partial charge on any atom is 0.305 e. The first-order chi connectivity index (χ1) is 10.5. The maximum absolute atomic E-state index is 11.3. The number of carbonyl (C=O) groups is 2. The minimum Gasteiger partial charge on any atom is -0.421 e. The summed E-state index contributed by atoms with van der Waals surface area (Å²) in [7, 11) is 0. The van der Waals surface area contributed by atoms with E-state index in [-0.39, 0.29) is 0 Å². The molecule has 120 valence electrons. The van der Waals surface area contributed by atoms with E-state index >= 15 is 0 Å². The van der Waals surface area contributed by atoms with Crippen molar-refractivity contribution < 1.29 is 19.1 Å². The first-order valence-corrected chi connectivity index (χ1v) is 7.60. The molecule has 0 saturated carbocycles. The van der Waals surface area contributed by atoms with Crippen molar-refractivity contribution in [3.8, 4) is 0 Å². The predicted octanol–water partition coefficient (Wildman–Crippen LogP) is 3.80. The van der Waals surface area contributed by atoms with E-state index in [9.17, 15) is 9.59 Å². The van der Waals surface area contributed by atoms with Crippen LogP contribution in [0.4, 0.5) is 0 Å². The minimum atomic E-state index is -0.952. The third-order valence-corrected chi connectivity index (χ3v) is 3.06. The maximum atomic E-state index is 11.3. The van der Waals surface area contributed by atoms with Gasteiger partial charge in [0, 0.05) is 25.8 Å². The van der Waals surface area contributed by atoms with Crippen molar-refractivity contribution in [2.75, 3.05) is 0 Å². The van der Waals surface area contributed by atoms with Crippen LogP contribution in [0.5, 0.6) is 0 Å². The molecule has 0 aromatic heterocycles. The number of unbranched alkanes of at least 4 members (excludes halogenated alkanes) is 2. The molecule has 1 aromatic rings. The number of hydrogen-bond donors (Lipinski definition) is 0. The zero-order chi connectivity index (χ0) is 16.4. The summed E-state index contributed by atoms with van der Waals surface area (Å²) in [5.41, 5.74) is 1.87. The smallest absolute Gasteiger partial charge is 0.305 e. The van der Waals surface area contributed by atoms with Gasteiger partial charge in [-0.3, -0.25) is 9.59 Å². The van der Waals surface area contributed by atoms with Crippen molar-refractivity contribution in [1.29, 1.82) is 0 Å². The second kappa shape index (κ2) is 9.77. The number of rotatable bonds is 8. The standard InChI is InChI=1S/C18H24O4/c1-4-5-7-12-17(13-16-10-8-6-9-11-16)18(21-14(2)19)22-15(3)20/h6,8-12,18H,4-5,7,13H2,1-3H3/b17-12+. The van der Waals surface area contributed by atoms with Crippen LogP contribution in [0.1, 0.15) is 45.6 Å². The third kappa shape index (κ3) is 7.07. The van der Waals surface area contributed by atoms with Crippen molar-refractivity contribution in [2.45, 2.75) is 52.7 Å². The Bertz CT molecular complexity index is 489. The Morgan fingerprint density at radius 1 is 1.09 bits per heavy atom. The quantitative estimate of drug-likeness (QED) is 0.317. The summed E-state index contributed by atoms with van der Waals surface area (Å²) < 4.78 is 10.4. The summed E-state index contributed by atoms with van der Waals surface area (Å²) in [5.74, 6) is -0.943. The molecule has 0 aliphatic carbocycles. The Morgan fingerprint density at radius 3 is 2.18 bits per heavy atom. The lowest BCUT2D eigenvalue weighted by atomic mass is 10.0. The molecule has 0 radical (unpaired) electrons.